The first kappa shape index (κ1) is 17.2. The van der Waals surface area contributed by atoms with Gasteiger partial charge in [-0.3, -0.25) is 14.7 Å². The summed E-state index contributed by atoms with van der Waals surface area (Å²) in [7, 11) is 0. The molecule has 3 N–H and O–H groups in total. The van der Waals surface area contributed by atoms with Crippen molar-refractivity contribution < 1.29 is 4.79 Å². The highest BCUT2D eigenvalue weighted by molar-refractivity contribution is 9.10. The summed E-state index contributed by atoms with van der Waals surface area (Å²) in [5, 5.41) is 3.81. The first-order chi connectivity index (χ1) is 11.3. The third kappa shape index (κ3) is 3.39. The highest BCUT2D eigenvalue weighted by atomic mass is 79.9. The number of amides is 1. The monoisotopic (exact) mass is 390 g/mol. The Kier molecular flexibility index (Phi) is 4.53. The number of halogens is 1. The van der Waals surface area contributed by atoms with Gasteiger partial charge in [-0.1, -0.05) is 15.9 Å². The lowest BCUT2D eigenvalue weighted by Gasteiger charge is -2.31. The van der Waals surface area contributed by atoms with Crippen molar-refractivity contribution in [3.05, 3.63) is 28.9 Å². The van der Waals surface area contributed by atoms with E-state index in [9.17, 15) is 4.79 Å². The lowest BCUT2D eigenvalue weighted by molar-refractivity contribution is -0.119. The summed E-state index contributed by atoms with van der Waals surface area (Å²) in [4.78, 5) is 19.3. The Morgan fingerprint density at radius 3 is 2.83 bits per heavy atom. The van der Waals surface area contributed by atoms with Crippen molar-refractivity contribution in [3.63, 3.8) is 0 Å². The van der Waals surface area contributed by atoms with Crippen LogP contribution in [0, 0.1) is 5.92 Å². The van der Waals surface area contributed by atoms with Gasteiger partial charge in [-0.2, -0.15) is 0 Å². The van der Waals surface area contributed by atoms with Crippen LogP contribution in [0.15, 0.2) is 28.9 Å². The number of benzene rings is 1. The Hall–Kier alpha value is -1.66. The number of fused-ring (bicyclic) bond motifs is 1. The Morgan fingerprint density at radius 2 is 2.17 bits per heavy atom. The van der Waals surface area contributed by atoms with Crippen LogP contribution >= 0.6 is 15.9 Å². The molecule has 1 aromatic carbocycles. The summed E-state index contributed by atoms with van der Waals surface area (Å²) in [6.45, 7) is 8.26. The zero-order valence-electron chi connectivity index (χ0n) is 14.3. The van der Waals surface area contributed by atoms with Crippen LogP contribution in [0.5, 0.6) is 0 Å². The van der Waals surface area contributed by atoms with E-state index in [0.29, 0.717) is 11.4 Å². The fourth-order valence-corrected chi connectivity index (χ4v) is 3.46. The van der Waals surface area contributed by atoms with Gasteiger partial charge >= 0.3 is 0 Å². The van der Waals surface area contributed by atoms with Crippen LogP contribution in [0.25, 0.3) is 10.9 Å². The fraction of sp³-hybridized carbons (Fsp3) is 0.444. The highest BCUT2D eigenvalue weighted by Gasteiger charge is 2.34. The van der Waals surface area contributed by atoms with Gasteiger partial charge in [-0.15, -0.1) is 0 Å². The van der Waals surface area contributed by atoms with Crippen molar-refractivity contribution in [3.8, 4) is 0 Å². The topological polar surface area (TPSA) is 71.2 Å². The molecule has 2 heterocycles. The largest absolute Gasteiger partial charge is 0.396 e. The number of nitrogens with two attached hydrogens (primary N) is 1. The van der Waals surface area contributed by atoms with Crippen molar-refractivity contribution in [2.75, 3.05) is 24.1 Å². The van der Waals surface area contributed by atoms with Gasteiger partial charge < -0.3 is 11.1 Å². The molecule has 1 aromatic heterocycles. The number of carbonyl (C=O) groups excluding carboxylic acids is 1. The number of nitrogens with zero attached hydrogens (tertiary/aromatic N) is 2. The van der Waals surface area contributed by atoms with Gasteiger partial charge in [0.15, 0.2) is 0 Å². The van der Waals surface area contributed by atoms with Crippen LogP contribution in [-0.2, 0) is 4.79 Å². The predicted octanol–water partition coefficient (Wildman–Crippen LogP) is 3.64. The highest BCUT2D eigenvalue weighted by Crippen LogP contribution is 2.30. The van der Waals surface area contributed by atoms with Crippen molar-refractivity contribution in [2.45, 2.75) is 32.7 Å². The summed E-state index contributed by atoms with van der Waals surface area (Å²) in [5.74, 6) is 0.0101. The van der Waals surface area contributed by atoms with E-state index in [4.69, 9.17) is 5.73 Å². The van der Waals surface area contributed by atoms with Gasteiger partial charge in [0.2, 0.25) is 5.91 Å². The number of hydrogen-bond acceptors (Lipinski definition) is 4. The first-order valence-electron chi connectivity index (χ1n) is 8.15. The number of hydrogen-bond donors (Lipinski definition) is 2. The van der Waals surface area contributed by atoms with E-state index >= 15 is 0 Å². The molecule has 0 saturated carbocycles. The third-order valence-electron chi connectivity index (χ3n) is 4.64. The van der Waals surface area contributed by atoms with Gasteiger partial charge in [0.1, 0.15) is 0 Å². The van der Waals surface area contributed by atoms with E-state index in [2.05, 4.69) is 51.9 Å². The van der Waals surface area contributed by atoms with E-state index in [1.165, 1.54) is 0 Å². The predicted molar refractivity (Wildman–Crippen MR) is 102 cm³/mol. The molecule has 3 rings (SSSR count). The second kappa shape index (κ2) is 6.33. The summed E-state index contributed by atoms with van der Waals surface area (Å²) in [6, 6.07) is 5.74. The van der Waals surface area contributed by atoms with Crippen molar-refractivity contribution >= 4 is 44.1 Å². The lowest BCUT2D eigenvalue weighted by atomic mass is 10.1. The van der Waals surface area contributed by atoms with Crippen LogP contribution in [0.2, 0.25) is 0 Å². The number of rotatable bonds is 2. The molecule has 1 aliphatic rings. The molecule has 128 valence electrons. The fourth-order valence-electron chi connectivity index (χ4n) is 3.11. The maximum atomic E-state index is 12.6. The molecule has 1 amide bonds. The zero-order chi connectivity index (χ0) is 17.5. The van der Waals surface area contributed by atoms with Crippen LogP contribution in [-0.4, -0.2) is 34.4 Å². The van der Waals surface area contributed by atoms with Gasteiger partial charge in [-0.25, -0.2) is 0 Å². The second-order valence-electron chi connectivity index (χ2n) is 7.34. The molecule has 0 spiro atoms. The van der Waals surface area contributed by atoms with E-state index in [1.807, 2.05) is 18.2 Å². The lowest BCUT2D eigenvalue weighted by Crippen LogP contribution is -2.40. The molecule has 5 nitrogen and oxygen atoms in total. The molecular formula is C18H23BrN4O. The van der Waals surface area contributed by atoms with E-state index in [-0.39, 0.29) is 17.4 Å². The number of anilines is 2. The molecular weight excluding hydrogens is 368 g/mol. The van der Waals surface area contributed by atoms with Crippen molar-refractivity contribution in [1.82, 2.24) is 9.88 Å². The Labute approximate surface area is 150 Å². The van der Waals surface area contributed by atoms with E-state index in [0.717, 1.165) is 34.9 Å². The standard InChI is InChI=1S/C18H23BrN4O/c1-18(2,3)23-7-6-11(10-23)17(24)22-15-9-21-14-8-12(19)4-5-13(14)16(15)20/h4-5,8-9,11H,6-7,10H2,1-3H3,(H2,20,21)(H,22,24)/t11-/m0/s1. The van der Waals surface area contributed by atoms with Crippen LogP contribution in [0.3, 0.4) is 0 Å². The summed E-state index contributed by atoms with van der Waals surface area (Å²) in [5.41, 5.74) is 8.28. The minimum absolute atomic E-state index is 0.00996. The number of likely N-dealkylation sites (tertiary alicyclic amines) is 1. The summed E-state index contributed by atoms with van der Waals surface area (Å²) < 4.78 is 0.951. The normalized spacial score (nSPS) is 18.9. The minimum Gasteiger partial charge on any atom is -0.396 e. The Bertz CT molecular complexity index is 784. The van der Waals surface area contributed by atoms with Gasteiger partial charge in [-0.05, 0) is 51.9 Å². The molecule has 0 radical (unpaired) electrons. The van der Waals surface area contributed by atoms with Crippen molar-refractivity contribution in [2.24, 2.45) is 5.92 Å². The zero-order valence-corrected chi connectivity index (χ0v) is 15.9. The number of pyridine rings is 1. The van der Waals surface area contributed by atoms with E-state index in [1.54, 1.807) is 6.20 Å². The molecule has 1 atom stereocenters. The molecule has 6 heteroatoms. The molecule has 0 unspecified atom stereocenters. The Balaban J connectivity index is 1.77. The molecule has 24 heavy (non-hydrogen) atoms. The second-order valence-corrected chi connectivity index (χ2v) is 8.25. The number of carbonyl (C=O) groups is 1. The maximum Gasteiger partial charge on any atom is 0.228 e. The van der Waals surface area contributed by atoms with Crippen LogP contribution in [0.1, 0.15) is 27.2 Å². The van der Waals surface area contributed by atoms with E-state index < -0.39 is 0 Å². The molecule has 2 aromatic rings. The number of nitrogen functional groups attached to an aromatic ring is 1. The van der Waals surface area contributed by atoms with Crippen LogP contribution in [0.4, 0.5) is 11.4 Å². The average molecular weight is 391 g/mol. The molecule has 1 fully saturated rings. The molecule has 0 aliphatic carbocycles. The van der Waals surface area contributed by atoms with Crippen molar-refractivity contribution in [1.29, 1.82) is 0 Å². The molecule has 0 bridgehead atoms. The smallest absolute Gasteiger partial charge is 0.228 e. The third-order valence-corrected chi connectivity index (χ3v) is 5.13. The minimum atomic E-state index is -0.00996. The Morgan fingerprint density at radius 1 is 1.42 bits per heavy atom. The molecule has 1 aliphatic heterocycles. The average Bonchev–Trinajstić information content (AvgIpc) is 3.00. The maximum absolute atomic E-state index is 12.6. The van der Waals surface area contributed by atoms with Crippen LogP contribution < -0.4 is 11.1 Å². The SMILES string of the molecule is CC(C)(C)N1CC[C@H](C(=O)Nc2cnc3cc(Br)ccc3c2N)C1. The number of aromatic nitrogens is 1. The molecule has 1 saturated heterocycles. The number of nitrogens with one attached hydrogen (secondary N) is 1. The van der Waals surface area contributed by atoms with Gasteiger partial charge in [0, 0.05) is 21.9 Å². The summed E-state index contributed by atoms with van der Waals surface area (Å²) in [6.07, 6.45) is 2.51. The summed E-state index contributed by atoms with van der Waals surface area (Å²) >= 11 is 3.43. The quantitative estimate of drug-likeness (QED) is 0.820. The van der Waals surface area contributed by atoms with Gasteiger partial charge in [0.05, 0.1) is 29.0 Å². The first-order valence-corrected chi connectivity index (χ1v) is 8.94. The van der Waals surface area contributed by atoms with Gasteiger partial charge in [0.25, 0.3) is 0 Å².